The molecule has 0 saturated carbocycles. The van der Waals surface area contributed by atoms with Crippen molar-refractivity contribution >= 4 is 10.9 Å². The molecule has 0 aliphatic rings. The number of nitrogens with zero attached hydrogens (tertiary/aromatic N) is 1. The summed E-state index contributed by atoms with van der Waals surface area (Å²) >= 11 is 0. The molecule has 1 aromatic carbocycles. The molecular formula is C14H14N2O. The molecule has 0 bridgehead atoms. The molecule has 0 unspecified atom stereocenters. The van der Waals surface area contributed by atoms with E-state index in [1.54, 1.807) is 18.3 Å². The van der Waals surface area contributed by atoms with Gasteiger partial charge in [-0.25, -0.2) is 0 Å². The summed E-state index contributed by atoms with van der Waals surface area (Å²) in [7, 11) is 0. The van der Waals surface area contributed by atoms with Crippen LogP contribution in [0.3, 0.4) is 0 Å². The number of ether oxygens (including phenoxy) is 1. The number of H-pyrrole nitrogens is 1. The first kappa shape index (κ1) is 11.2. The minimum Gasteiger partial charge on any atom is -0.489 e. The summed E-state index contributed by atoms with van der Waals surface area (Å²) in [5, 5.41) is 7.90. The minimum atomic E-state index is 0.485. The third kappa shape index (κ3) is 2.64. The highest BCUT2D eigenvalue weighted by Gasteiger charge is 1.99. The van der Waals surface area contributed by atoms with Gasteiger partial charge in [-0.05, 0) is 23.8 Å². The molecule has 0 aliphatic heterocycles. The summed E-state index contributed by atoms with van der Waals surface area (Å²) in [5.41, 5.74) is 2.00. The van der Waals surface area contributed by atoms with Crippen LogP contribution >= 0.6 is 0 Å². The van der Waals surface area contributed by atoms with Crippen LogP contribution in [0.25, 0.3) is 10.9 Å². The Kier molecular flexibility index (Phi) is 3.40. The second kappa shape index (κ2) is 5.16. The van der Waals surface area contributed by atoms with Crippen LogP contribution in [0.4, 0.5) is 0 Å². The molecular weight excluding hydrogens is 212 g/mol. The highest BCUT2D eigenvalue weighted by Crippen LogP contribution is 2.19. The molecule has 0 fully saturated rings. The second-order valence-electron chi connectivity index (χ2n) is 3.59. The number of aromatic nitrogens is 2. The van der Waals surface area contributed by atoms with Crippen LogP contribution in [-0.2, 0) is 0 Å². The largest absolute Gasteiger partial charge is 0.489 e. The highest BCUT2D eigenvalue weighted by atomic mass is 16.5. The average Bonchev–Trinajstić information content (AvgIpc) is 2.81. The molecule has 17 heavy (non-hydrogen) atoms. The Balaban J connectivity index is 2.10. The van der Waals surface area contributed by atoms with Gasteiger partial charge in [0.15, 0.2) is 0 Å². The van der Waals surface area contributed by atoms with Gasteiger partial charge < -0.3 is 4.74 Å². The first-order valence-electron chi connectivity index (χ1n) is 5.33. The van der Waals surface area contributed by atoms with Crippen molar-refractivity contribution in [3.8, 4) is 5.75 Å². The van der Waals surface area contributed by atoms with Crippen LogP contribution in [0.2, 0.25) is 0 Å². The van der Waals surface area contributed by atoms with Crippen molar-refractivity contribution in [2.24, 2.45) is 0 Å². The first-order valence-corrected chi connectivity index (χ1v) is 5.33. The lowest BCUT2D eigenvalue weighted by atomic mass is 10.2. The molecule has 1 heterocycles. The van der Waals surface area contributed by atoms with Gasteiger partial charge in [-0.1, -0.05) is 31.4 Å². The van der Waals surface area contributed by atoms with E-state index in [1.807, 2.05) is 24.3 Å². The summed E-state index contributed by atoms with van der Waals surface area (Å²) in [6.45, 7) is 7.85. The summed E-state index contributed by atoms with van der Waals surface area (Å²) in [6.07, 6.45) is 7.14. The van der Waals surface area contributed by atoms with Crippen molar-refractivity contribution in [2.75, 3.05) is 6.61 Å². The normalized spacial score (nSPS) is 11.4. The quantitative estimate of drug-likeness (QED) is 0.795. The molecule has 0 atom stereocenters. The van der Waals surface area contributed by atoms with Crippen molar-refractivity contribution in [3.05, 3.63) is 61.4 Å². The monoisotopic (exact) mass is 226 g/mol. The Hall–Kier alpha value is -2.29. The smallest absolute Gasteiger partial charge is 0.120 e. The number of hydrogen-bond acceptors (Lipinski definition) is 2. The third-order valence-corrected chi connectivity index (χ3v) is 2.41. The van der Waals surface area contributed by atoms with Gasteiger partial charge >= 0.3 is 0 Å². The number of nitrogens with one attached hydrogen (secondary N) is 1. The topological polar surface area (TPSA) is 37.9 Å². The van der Waals surface area contributed by atoms with Crippen molar-refractivity contribution in [1.82, 2.24) is 10.2 Å². The van der Waals surface area contributed by atoms with Crippen LogP contribution in [-0.4, -0.2) is 16.8 Å². The highest BCUT2D eigenvalue weighted by molar-refractivity contribution is 5.79. The lowest BCUT2D eigenvalue weighted by Crippen LogP contribution is -1.98. The van der Waals surface area contributed by atoms with Crippen molar-refractivity contribution < 1.29 is 4.74 Å². The molecule has 3 nitrogen and oxygen atoms in total. The molecule has 2 rings (SSSR count). The average molecular weight is 226 g/mol. The fourth-order valence-corrected chi connectivity index (χ4v) is 1.50. The van der Waals surface area contributed by atoms with Crippen molar-refractivity contribution in [1.29, 1.82) is 0 Å². The molecule has 0 aliphatic carbocycles. The number of aromatic amines is 1. The Morgan fingerprint density at radius 2 is 2.29 bits per heavy atom. The first-order chi connectivity index (χ1) is 8.33. The fraction of sp³-hybridized carbons (Fsp3) is 0.0714. The number of fused-ring (bicyclic) bond motifs is 1. The van der Waals surface area contributed by atoms with Crippen LogP contribution < -0.4 is 4.74 Å². The number of hydrogen-bond donors (Lipinski definition) is 1. The van der Waals surface area contributed by atoms with E-state index in [4.69, 9.17) is 4.74 Å². The summed E-state index contributed by atoms with van der Waals surface area (Å²) in [4.78, 5) is 0. The van der Waals surface area contributed by atoms with Crippen molar-refractivity contribution in [3.63, 3.8) is 0 Å². The molecule has 0 amide bonds. The predicted molar refractivity (Wildman–Crippen MR) is 70.1 cm³/mol. The second-order valence-corrected chi connectivity index (χ2v) is 3.59. The van der Waals surface area contributed by atoms with Crippen LogP contribution in [0, 0.1) is 0 Å². The molecule has 3 heteroatoms. The van der Waals surface area contributed by atoms with Crippen molar-refractivity contribution in [2.45, 2.75) is 0 Å². The van der Waals surface area contributed by atoms with Gasteiger partial charge in [0.2, 0.25) is 0 Å². The molecule has 0 radical (unpaired) electrons. The molecule has 2 aromatic rings. The summed E-state index contributed by atoms with van der Waals surface area (Å²) in [6, 6.07) is 5.81. The molecule has 0 saturated heterocycles. The van der Waals surface area contributed by atoms with E-state index in [2.05, 4.69) is 23.4 Å². The minimum absolute atomic E-state index is 0.485. The van der Waals surface area contributed by atoms with Crippen LogP contribution in [0.1, 0.15) is 0 Å². The van der Waals surface area contributed by atoms with E-state index in [0.29, 0.717) is 6.61 Å². The van der Waals surface area contributed by atoms with E-state index in [1.165, 1.54) is 0 Å². The zero-order valence-corrected chi connectivity index (χ0v) is 9.52. The van der Waals surface area contributed by atoms with Gasteiger partial charge in [-0.2, -0.15) is 5.10 Å². The van der Waals surface area contributed by atoms with Gasteiger partial charge in [0.05, 0.1) is 11.7 Å². The Morgan fingerprint density at radius 1 is 1.41 bits per heavy atom. The Morgan fingerprint density at radius 3 is 3.06 bits per heavy atom. The van der Waals surface area contributed by atoms with E-state index in [9.17, 15) is 0 Å². The van der Waals surface area contributed by atoms with Crippen LogP contribution in [0.5, 0.6) is 5.75 Å². The molecule has 0 spiro atoms. The summed E-state index contributed by atoms with van der Waals surface area (Å²) in [5.74, 6) is 0.815. The van der Waals surface area contributed by atoms with E-state index in [-0.39, 0.29) is 0 Å². The van der Waals surface area contributed by atoms with E-state index < -0.39 is 0 Å². The summed E-state index contributed by atoms with van der Waals surface area (Å²) < 4.78 is 5.66. The van der Waals surface area contributed by atoms with Gasteiger partial charge in [0.1, 0.15) is 12.4 Å². The Bertz CT molecular complexity index is 566. The van der Waals surface area contributed by atoms with E-state index >= 15 is 0 Å². The lowest BCUT2D eigenvalue weighted by molar-refractivity contribution is 0.356. The molecule has 1 N–H and O–H groups in total. The zero-order chi connectivity index (χ0) is 12.1. The maximum absolute atomic E-state index is 5.66. The van der Waals surface area contributed by atoms with Gasteiger partial charge in [-0.3, -0.25) is 5.10 Å². The lowest BCUT2D eigenvalue weighted by Gasteiger charge is -2.06. The zero-order valence-electron chi connectivity index (χ0n) is 9.52. The Labute approximate surface area is 100 Å². The van der Waals surface area contributed by atoms with Gasteiger partial charge in [-0.15, -0.1) is 0 Å². The fourth-order valence-electron chi connectivity index (χ4n) is 1.50. The van der Waals surface area contributed by atoms with E-state index in [0.717, 1.165) is 22.2 Å². The van der Waals surface area contributed by atoms with Gasteiger partial charge in [0, 0.05) is 5.39 Å². The third-order valence-electron chi connectivity index (χ3n) is 2.41. The number of allylic oxidation sites excluding steroid dienone is 2. The predicted octanol–water partition coefficient (Wildman–Crippen LogP) is 3.24. The standard InChI is InChI=1S/C14H14N2O/c1-3-5-11(4-2)10-17-13-6-7-14-12(8-13)9-15-16-14/h3-9H,1-2,10H2,(H,15,16). The SMILES string of the molecule is C=CC=C(C=C)COc1ccc2[nH]ncc2c1. The van der Waals surface area contributed by atoms with Crippen LogP contribution in [0.15, 0.2) is 61.4 Å². The number of benzene rings is 1. The van der Waals surface area contributed by atoms with Gasteiger partial charge in [0.25, 0.3) is 0 Å². The molecule has 86 valence electrons. The molecule has 1 aromatic heterocycles. The maximum atomic E-state index is 5.66. The number of rotatable bonds is 5. The maximum Gasteiger partial charge on any atom is 0.120 e.